The number of nitrogens with one attached hydrogen (secondary N) is 1. The van der Waals surface area contributed by atoms with Crippen LogP contribution in [0.2, 0.25) is 0 Å². The third-order valence-electron chi connectivity index (χ3n) is 3.22. The van der Waals surface area contributed by atoms with Crippen LogP contribution in [-0.4, -0.2) is 24.7 Å². The molecule has 2 rings (SSSR count). The van der Waals surface area contributed by atoms with Crippen molar-refractivity contribution < 1.29 is 14.3 Å². The van der Waals surface area contributed by atoms with Gasteiger partial charge in [-0.15, -0.1) is 17.8 Å². The molecule has 1 aromatic carbocycles. The number of amides is 1. The second-order valence-corrected chi connectivity index (χ2v) is 6.64. The van der Waals surface area contributed by atoms with Gasteiger partial charge in [-0.05, 0) is 30.9 Å². The van der Waals surface area contributed by atoms with Gasteiger partial charge in [0.25, 0.3) is 5.91 Å². The first-order valence-corrected chi connectivity index (χ1v) is 8.52. The minimum Gasteiger partial charge on any atom is -0.489 e. The molecule has 2 aromatic rings. The average Bonchev–Trinajstić information content (AvgIpc) is 3.04. The van der Waals surface area contributed by atoms with Crippen LogP contribution in [-0.2, 0) is 11.3 Å². The molecule has 0 radical (unpaired) electrons. The number of benzene rings is 1. The van der Waals surface area contributed by atoms with Crippen molar-refractivity contribution in [2.45, 2.75) is 26.0 Å². The average molecular weight is 343 g/mol. The van der Waals surface area contributed by atoms with Gasteiger partial charge in [0, 0.05) is 0 Å². The minimum absolute atomic E-state index is 0.229. The lowest BCUT2D eigenvalue weighted by atomic mass is 10.1. The number of thiophene rings is 1. The number of hydrogen-bond acceptors (Lipinski definition) is 4. The van der Waals surface area contributed by atoms with Crippen molar-refractivity contribution in [2.24, 2.45) is 0 Å². The van der Waals surface area contributed by atoms with E-state index in [1.807, 2.05) is 35.7 Å². The van der Waals surface area contributed by atoms with E-state index in [9.17, 15) is 4.79 Å². The molecule has 5 heteroatoms. The molecule has 1 N–H and O–H groups in total. The summed E-state index contributed by atoms with van der Waals surface area (Å²) >= 11 is 1.32. The molecule has 1 aromatic heterocycles. The van der Waals surface area contributed by atoms with Gasteiger partial charge in [0.1, 0.15) is 17.2 Å². The van der Waals surface area contributed by atoms with E-state index in [-0.39, 0.29) is 5.91 Å². The Kier molecular flexibility index (Phi) is 6.42. The Morgan fingerprint density at radius 2 is 2.00 bits per heavy atom. The van der Waals surface area contributed by atoms with E-state index < -0.39 is 5.54 Å². The van der Waals surface area contributed by atoms with Gasteiger partial charge in [-0.3, -0.25) is 4.79 Å². The highest BCUT2D eigenvalue weighted by atomic mass is 32.1. The van der Waals surface area contributed by atoms with Crippen LogP contribution in [0, 0.1) is 12.3 Å². The van der Waals surface area contributed by atoms with E-state index in [1.54, 1.807) is 19.9 Å². The van der Waals surface area contributed by atoms with Crippen LogP contribution < -0.4 is 10.1 Å². The summed E-state index contributed by atoms with van der Waals surface area (Å²) in [6.45, 7) is 4.91. The molecule has 0 saturated heterocycles. The number of terminal acetylenes is 1. The van der Waals surface area contributed by atoms with Crippen molar-refractivity contribution in [1.29, 1.82) is 0 Å². The Morgan fingerprint density at radius 1 is 1.25 bits per heavy atom. The van der Waals surface area contributed by atoms with Crippen LogP contribution in [0.25, 0.3) is 0 Å². The molecule has 1 heterocycles. The maximum atomic E-state index is 12.3. The van der Waals surface area contributed by atoms with Gasteiger partial charge < -0.3 is 14.8 Å². The molecule has 0 aliphatic rings. The normalized spacial score (nSPS) is 10.9. The summed E-state index contributed by atoms with van der Waals surface area (Å²) in [6, 6.07) is 11.7. The standard InChI is InChI=1S/C19H21NO3S/c1-4-19(2,3)20-18(21)17-16(10-13-24-17)23-12-11-22-14-15-8-6-5-7-9-15/h1,5-10,13H,11-12,14H2,2-3H3,(H,20,21). The second-order valence-electron chi connectivity index (χ2n) is 5.72. The number of rotatable bonds is 8. The molecule has 4 nitrogen and oxygen atoms in total. The van der Waals surface area contributed by atoms with Crippen molar-refractivity contribution >= 4 is 17.2 Å². The lowest BCUT2D eigenvalue weighted by molar-refractivity contribution is 0.0863. The highest BCUT2D eigenvalue weighted by Gasteiger charge is 2.21. The van der Waals surface area contributed by atoms with Gasteiger partial charge in [-0.25, -0.2) is 0 Å². The quantitative estimate of drug-likeness (QED) is 0.590. The molecule has 0 aliphatic heterocycles. The zero-order valence-corrected chi connectivity index (χ0v) is 14.7. The van der Waals surface area contributed by atoms with Crippen molar-refractivity contribution in [2.75, 3.05) is 13.2 Å². The van der Waals surface area contributed by atoms with Gasteiger partial charge in [-0.2, -0.15) is 0 Å². The predicted molar refractivity (Wildman–Crippen MR) is 96.3 cm³/mol. The topological polar surface area (TPSA) is 47.6 Å². The van der Waals surface area contributed by atoms with Gasteiger partial charge in [0.15, 0.2) is 0 Å². The maximum absolute atomic E-state index is 12.3. The first-order chi connectivity index (χ1) is 11.5. The summed E-state index contributed by atoms with van der Waals surface area (Å²) < 4.78 is 11.2. The summed E-state index contributed by atoms with van der Waals surface area (Å²) in [5.41, 5.74) is 0.418. The fraction of sp³-hybridized carbons (Fsp3) is 0.316. The van der Waals surface area contributed by atoms with E-state index in [4.69, 9.17) is 15.9 Å². The van der Waals surface area contributed by atoms with Crippen molar-refractivity contribution in [3.05, 3.63) is 52.2 Å². The van der Waals surface area contributed by atoms with E-state index in [0.717, 1.165) is 5.56 Å². The van der Waals surface area contributed by atoms with E-state index in [2.05, 4.69) is 11.2 Å². The largest absolute Gasteiger partial charge is 0.489 e. The summed E-state index contributed by atoms with van der Waals surface area (Å²) in [6.07, 6.45) is 5.40. The molecule has 0 saturated carbocycles. The van der Waals surface area contributed by atoms with Gasteiger partial charge in [0.05, 0.1) is 18.8 Å². The van der Waals surface area contributed by atoms with Crippen LogP contribution in [0.5, 0.6) is 5.75 Å². The van der Waals surface area contributed by atoms with Crippen LogP contribution in [0.1, 0.15) is 29.1 Å². The predicted octanol–water partition coefficient (Wildman–Crippen LogP) is 3.49. The van der Waals surface area contributed by atoms with Crippen LogP contribution in [0.4, 0.5) is 0 Å². The summed E-state index contributed by atoms with van der Waals surface area (Å²) in [5.74, 6) is 2.86. The number of ether oxygens (including phenoxy) is 2. The molecule has 0 bridgehead atoms. The Labute approximate surface area is 146 Å². The van der Waals surface area contributed by atoms with Gasteiger partial charge >= 0.3 is 0 Å². The molecular weight excluding hydrogens is 322 g/mol. The Hall–Kier alpha value is -2.29. The lowest BCUT2D eigenvalue weighted by Gasteiger charge is -2.19. The smallest absolute Gasteiger partial charge is 0.266 e. The molecule has 0 fully saturated rings. The van der Waals surface area contributed by atoms with E-state index >= 15 is 0 Å². The molecule has 1 amide bonds. The Balaban J connectivity index is 1.79. The Bertz CT molecular complexity index is 701. The third kappa shape index (κ3) is 5.41. The fourth-order valence-electron chi connectivity index (χ4n) is 1.93. The molecule has 0 unspecified atom stereocenters. The SMILES string of the molecule is C#CC(C)(C)NC(=O)c1sccc1OCCOCc1ccccc1. The summed E-state index contributed by atoms with van der Waals surface area (Å²) in [7, 11) is 0. The first kappa shape index (κ1) is 18.1. The van der Waals surface area contributed by atoms with Crippen LogP contribution >= 0.6 is 11.3 Å². The van der Waals surface area contributed by atoms with Crippen molar-refractivity contribution in [1.82, 2.24) is 5.32 Å². The lowest BCUT2D eigenvalue weighted by Crippen LogP contribution is -2.41. The molecule has 0 atom stereocenters. The highest BCUT2D eigenvalue weighted by molar-refractivity contribution is 7.12. The minimum atomic E-state index is -0.697. The molecule has 0 spiro atoms. The van der Waals surface area contributed by atoms with Crippen LogP contribution in [0.3, 0.4) is 0 Å². The zero-order chi connectivity index (χ0) is 17.4. The molecule has 24 heavy (non-hydrogen) atoms. The first-order valence-electron chi connectivity index (χ1n) is 7.64. The van der Waals surface area contributed by atoms with E-state index in [1.165, 1.54) is 11.3 Å². The molecule has 126 valence electrons. The van der Waals surface area contributed by atoms with Crippen LogP contribution in [0.15, 0.2) is 41.8 Å². The maximum Gasteiger partial charge on any atom is 0.266 e. The number of carbonyl (C=O) groups excluding carboxylic acids is 1. The third-order valence-corrected chi connectivity index (χ3v) is 4.11. The van der Waals surface area contributed by atoms with E-state index in [0.29, 0.717) is 30.4 Å². The van der Waals surface area contributed by atoms with Gasteiger partial charge in [-0.1, -0.05) is 36.3 Å². The monoisotopic (exact) mass is 343 g/mol. The van der Waals surface area contributed by atoms with Gasteiger partial charge in [0.2, 0.25) is 0 Å². The van der Waals surface area contributed by atoms with Crippen molar-refractivity contribution in [3.63, 3.8) is 0 Å². The number of carbonyl (C=O) groups is 1. The number of hydrogen-bond donors (Lipinski definition) is 1. The summed E-state index contributed by atoms with van der Waals surface area (Å²) in [5, 5.41) is 4.61. The molecular formula is C19H21NO3S. The zero-order valence-electron chi connectivity index (χ0n) is 13.9. The second kappa shape index (κ2) is 8.53. The van der Waals surface area contributed by atoms with Crippen molar-refractivity contribution in [3.8, 4) is 18.1 Å². The fourth-order valence-corrected chi connectivity index (χ4v) is 2.66. The molecule has 0 aliphatic carbocycles. The highest BCUT2D eigenvalue weighted by Crippen LogP contribution is 2.25. The summed E-state index contributed by atoms with van der Waals surface area (Å²) in [4.78, 5) is 12.8. The Morgan fingerprint density at radius 3 is 2.71 bits per heavy atom.